The Labute approximate surface area is 109 Å². The Hall–Kier alpha value is -1.09. The largest absolute Gasteiger partial charge is 0.458 e. The molecule has 0 aromatic heterocycles. The van der Waals surface area contributed by atoms with E-state index in [4.69, 9.17) is 4.74 Å². The van der Waals surface area contributed by atoms with Crippen molar-refractivity contribution in [3.8, 4) is 0 Å². The predicted octanol–water partition coefficient (Wildman–Crippen LogP) is 2.60. The lowest BCUT2D eigenvalue weighted by Crippen LogP contribution is -2.17. The maximum absolute atomic E-state index is 11.5. The molecule has 0 radical (unpaired) electrons. The normalized spacial score (nSPS) is 33.5. The smallest absolute Gasteiger partial charge is 0.334 e. The lowest BCUT2D eigenvalue weighted by atomic mass is 9.90. The third kappa shape index (κ3) is 2.66. The molecule has 1 aliphatic heterocycles. The summed E-state index contributed by atoms with van der Waals surface area (Å²) in [5, 5.41) is 9.37. The van der Waals surface area contributed by atoms with E-state index in [1.807, 2.05) is 6.92 Å². The van der Waals surface area contributed by atoms with Gasteiger partial charge in [-0.05, 0) is 38.5 Å². The minimum atomic E-state index is -0.256. The van der Waals surface area contributed by atoms with Crippen molar-refractivity contribution in [1.29, 1.82) is 0 Å². The van der Waals surface area contributed by atoms with Crippen LogP contribution in [0.15, 0.2) is 23.8 Å². The molecule has 0 bridgehead atoms. The summed E-state index contributed by atoms with van der Waals surface area (Å²) in [5.41, 5.74) is 2.01. The molecule has 1 aliphatic carbocycles. The quantitative estimate of drug-likeness (QED) is 0.476. The van der Waals surface area contributed by atoms with Crippen molar-refractivity contribution in [2.45, 2.75) is 51.7 Å². The predicted molar refractivity (Wildman–Crippen MR) is 69.9 cm³/mol. The molecular formula is C15H22O3. The lowest BCUT2D eigenvalue weighted by molar-refractivity contribution is -0.139. The number of fused-ring (bicyclic) bond motifs is 1. The summed E-state index contributed by atoms with van der Waals surface area (Å²) >= 11 is 0. The minimum absolute atomic E-state index is 0.000278. The third-order valence-corrected chi connectivity index (χ3v) is 4.12. The van der Waals surface area contributed by atoms with Crippen LogP contribution in [-0.4, -0.2) is 23.3 Å². The van der Waals surface area contributed by atoms with Crippen LogP contribution in [0.2, 0.25) is 0 Å². The summed E-state index contributed by atoms with van der Waals surface area (Å²) in [6, 6.07) is 0. The molecule has 2 rings (SSSR count). The van der Waals surface area contributed by atoms with Gasteiger partial charge in [0.15, 0.2) is 0 Å². The molecule has 18 heavy (non-hydrogen) atoms. The van der Waals surface area contributed by atoms with Gasteiger partial charge in [-0.2, -0.15) is 0 Å². The van der Waals surface area contributed by atoms with Crippen LogP contribution in [0.25, 0.3) is 0 Å². The molecule has 1 N–H and O–H groups in total. The van der Waals surface area contributed by atoms with Crippen LogP contribution in [-0.2, 0) is 9.53 Å². The second-order valence-electron chi connectivity index (χ2n) is 5.61. The zero-order valence-corrected chi connectivity index (χ0v) is 11.2. The fourth-order valence-corrected chi connectivity index (χ4v) is 2.88. The number of hydrogen-bond donors (Lipinski definition) is 1. The van der Waals surface area contributed by atoms with Gasteiger partial charge in [0, 0.05) is 11.5 Å². The van der Waals surface area contributed by atoms with Crippen LogP contribution in [0.4, 0.5) is 0 Å². The molecule has 3 heteroatoms. The first-order chi connectivity index (χ1) is 8.49. The van der Waals surface area contributed by atoms with Crippen LogP contribution in [0.5, 0.6) is 0 Å². The van der Waals surface area contributed by atoms with Gasteiger partial charge in [-0.3, -0.25) is 0 Å². The number of aliphatic hydroxyl groups is 1. The molecule has 0 amide bonds. The van der Waals surface area contributed by atoms with Gasteiger partial charge in [0.1, 0.15) is 6.10 Å². The van der Waals surface area contributed by atoms with Crippen LogP contribution in [0.1, 0.15) is 39.5 Å². The molecule has 1 heterocycles. The molecule has 4 atom stereocenters. The topological polar surface area (TPSA) is 46.5 Å². The Morgan fingerprint density at radius 1 is 1.61 bits per heavy atom. The van der Waals surface area contributed by atoms with Gasteiger partial charge in [0.05, 0.1) is 6.10 Å². The fraction of sp³-hybridized carbons (Fsp3) is 0.667. The Kier molecular flexibility index (Phi) is 3.91. The maximum atomic E-state index is 11.5. The number of rotatable bonds is 3. The van der Waals surface area contributed by atoms with E-state index >= 15 is 0 Å². The van der Waals surface area contributed by atoms with Crippen LogP contribution >= 0.6 is 0 Å². The first-order valence-corrected chi connectivity index (χ1v) is 6.75. The second kappa shape index (κ2) is 5.27. The van der Waals surface area contributed by atoms with Crippen LogP contribution in [0, 0.1) is 11.8 Å². The highest BCUT2D eigenvalue weighted by Gasteiger charge is 2.40. The fourth-order valence-electron chi connectivity index (χ4n) is 2.88. The minimum Gasteiger partial charge on any atom is -0.458 e. The highest BCUT2D eigenvalue weighted by atomic mass is 16.6. The van der Waals surface area contributed by atoms with Crippen molar-refractivity contribution < 1.29 is 14.6 Å². The summed E-state index contributed by atoms with van der Waals surface area (Å²) in [5.74, 6) is 0.347. The van der Waals surface area contributed by atoms with E-state index in [0.717, 1.165) is 25.7 Å². The van der Waals surface area contributed by atoms with E-state index in [1.54, 1.807) is 0 Å². The lowest BCUT2D eigenvalue weighted by Gasteiger charge is -2.18. The van der Waals surface area contributed by atoms with Gasteiger partial charge in [0.25, 0.3) is 0 Å². The average Bonchev–Trinajstić information content (AvgIpc) is 2.46. The van der Waals surface area contributed by atoms with Crippen LogP contribution in [0.3, 0.4) is 0 Å². The number of ether oxygens (including phenoxy) is 1. The highest BCUT2D eigenvalue weighted by molar-refractivity contribution is 5.90. The molecule has 3 nitrogen and oxygen atoms in total. The number of carbonyl (C=O) groups excluding carboxylic acids is 1. The Bertz CT molecular complexity index is 381. The molecule has 0 saturated carbocycles. The second-order valence-corrected chi connectivity index (χ2v) is 5.61. The molecule has 1 fully saturated rings. The van der Waals surface area contributed by atoms with Crippen molar-refractivity contribution in [3.63, 3.8) is 0 Å². The van der Waals surface area contributed by atoms with Crippen molar-refractivity contribution in [2.75, 3.05) is 0 Å². The van der Waals surface area contributed by atoms with Gasteiger partial charge in [-0.25, -0.2) is 4.79 Å². The monoisotopic (exact) mass is 250 g/mol. The summed E-state index contributed by atoms with van der Waals surface area (Å²) in [6.45, 7) is 7.83. The van der Waals surface area contributed by atoms with E-state index in [1.165, 1.54) is 5.57 Å². The van der Waals surface area contributed by atoms with E-state index in [-0.39, 0.29) is 24.1 Å². The van der Waals surface area contributed by atoms with Gasteiger partial charge in [-0.1, -0.05) is 25.2 Å². The SMILES string of the molecule is C=C1C(=O)O[C@@H]2C[C@H](C)C(CC[C@@H](C)O)=CC[C@@H]12. The average molecular weight is 250 g/mol. The molecular weight excluding hydrogens is 228 g/mol. The standard InChI is InChI=1S/C15H22O3/c1-9-8-14-13(11(3)15(17)18-14)7-6-12(9)5-4-10(2)16/h6,9-10,13-14,16H,3-5,7-8H2,1-2H3/t9-,10+,13-,14+/m0/s1. The number of allylic oxidation sites excluding steroid dienone is 2. The van der Waals surface area contributed by atoms with Gasteiger partial charge in [-0.15, -0.1) is 0 Å². The van der Waals surface area contributed by atoms with Crippen molar-refractivity contribution in [1.82, 2.24) is 0 Å². The van der Waals surface area contributed by atoms with E-state index in [0.29, 0.717) is 11.5 Å². The van der Waals surface area contributed by atoms with Gasteiger partial charge < -0.3 is 9.84 Å². The number of hydrogen-bond acceptors (Lipinski definition) is 3. The number of aliphatic hydroxyl groups excluding tert-OH is 1. The zero-order chi connectivity index (χ0) is 13.3. The maximum Gasteiger partial charge on any atom is 0.334 e. The molecule has 100 valence electrons. The molecule has 0 unspecified atom stereocenters. The Morgan fingerprint density at radius 2 is 2.33 bits per heavy atom. The third-order valence-electron chi connectivity index (χ3n) is 4.12. The van der Waals surface area contributed by atoms with E-state index in [2.05, 4.69) is 19.6 Å². The molecule has 2 aliphatic rings. The van der Waals surface area contributed by atoms with Gasteiger partial charge >= 0.3 is 5.97 Å². The van der Waals surface area contributed by atoms with Crippen LogP contribution < -0.4 is 0 Å². The molecule has 0 spiro atoms. The number of esters is 1. The molecule has 1 saturated heterocycles. The van der Waals surface area contributed by atoms with Crippen molar-refractivity contribution in [3.05, 3.63) is 23.8 Å². The van der Waals surface area contributed by atoms with Crippen molar-refractivity contribution >= 4 is 5.97 Å². The molecule has 0 aromatic rings. The van der Waals surface area contributed by atoms with Crippen molar-refractivity contribution in [2.24, 2.45) is 11.8 Å². The summed E-state index contributed by atoms with van der Waals surface area (Å²) < 4.78 is 5.38. The Morgan fingerprint density at radius 3 is 3.00 bits per heavy atom. The first-order valence-electron chi connectivity index (χ1n) is 6.75. The molecule has 0 aromatic carbocycles. The summed E-state index contributed by atoms with van der Waals surface area (Å²) in [6.07, 6.45) is 5.42. The summed E-state index contributed by atoms with van der Waals surface area (Å²) in [7, 11) is 0. The zero-order valence-electron chi connectivity index (χ0n) is 11.2. The van der Waals surface area contributed by atoms with Gasteiger partial charge in [0.2, 0.25) is 0 Å². The van der Waals surface area contributed by atoms with E-state index < -0.39 is 0 Å². The summed E-state index contributed by atoms with van der Waals surface area (Å²) in [4.78, 5) is 11.5. The Balaban J connectivity index is 2.06. The highest BCUT2D eigenvalue weighted by Crippen LogP contribution is 2.39. The first kappa shape index (κ1) is 13.3. The van der Waals surface area contributed by atoms with E-state index in [9.17, 15) is 9.90 Å². The number of carbonyl (C=O) groups is 1.